The predicted molar refractivity (Wildman–Crippen MR) is 94.0 cm³/mol. The van der Waals surface area contributed by atoms with Crippen molar-refractivity contribution in [3.8, 4) is 0 Å². The molecule has 4 heteroatoms. The lowest BCUT2D eigenvalue weighted by molar-refractivity contribution is 0.0957. The predicted octanol–water partition coefficient (Wildman–Crippen LogP) is 4.65. The molecule has 3 rings (SSSR count). The van der Waals surface area contributed by atoms with Crippen LogP contribution < -0.4 is 4.90 Å². The molecular weight excluding hydrogens is 300 g/mol. The van der Waals surface area contributed by atoms with E-state index in [1.54, 1.807) is 23.2 Å². The van der Waals surface area contributed by atoms with Crippen molar-refractivity contribution in [1.82, 2.24) is 4.98 Å². The summed E-state index contributed by atoms with van der Waals surface area (Å²) in [5, 5.41) is 0. The van der Waals surface area contributed by atoms with Crippen LogP contribution in [-0.4, -0.2) is 10.9 Å². The zero-order valence-corrected chi connectivity index (χ0v) is 13.8. The number of pyridine rings is 1. The molecule has 122 valence electrons. The van der Waals surface area contributed by atoms with Crippen molar-refractivity contribution in [3.05, 3.63) is 83.9 Å². The molecule has 0 N–H and O–H groups in total. The van der Waals surface area contributed by atoms with Crippen molar-refractivity contribution in [2.45, 2.75) is 26.3 Å². The minimum atomic E-state index is -0.202. The summed E-state index contributed by atoms with van der Waals surface area (Å²) in [5.74, 6) is 1.19. The Kier molecular flexibility index (Phi) is 4.75. The van der Waals surface area contributed by atoms with Gasteiger partial charge >= 0.3 is 0 Å². The number of amides is 1. The van der Waals surface area contributed by atoms with Crippen LogP contribution in [-0.2, 0) is 6.54 Å². The summed E-state index contributed by atoms with van der Waals surface area (Å²) in [6.45, 7) is 4.76. The third-order valence-electron chi connectivity index (χ3n) is 3.89. The molecule has 0 saturated carbocycles. The van der Waals surface area contributed by atoms with Gasteiger partial charge in [-0.25, -0.2) is 4.98 Å². The van der Waals surface area contributed by atoms with Crippen LogP contribution in [0.5, 0.6) is 0 Å². The van der Waals surface area contributed by atoms with Crippen LogP contribution in [0.4, 0.5) is 5.82 Å². The van der Waals surface area contributed by atoms with Crippen LogP contribution in [0.1, 0.15) is 41.4 Å². The Bertz CT molecular complexity index is 778. The van der Waals surface area contributed by atoms with E-state index in [1.165, 1.54) is 11.8 Å². The van der Waals surface area contributed by atoms with Gasteiger partial charge in [0.25, 0.3) is 5.91 Å². The van der Waals surface area contributed by atoms with Gasteiger partial charge in [0.05, 0.1) is 12.8 Å². The maximum Gasteiger partial charge on any atom is 0.295 e. The monoisotopic (exact) mass is 320 g/mol. The molecule has 0 aliphatic heterocycles. The molecule has 0 aliphatic carbocycles. The number of rotatable bonds is 5. The molecule has 1 amide bonds. The lowest BCUT2D eigenvalue weighted by Gasteiger charge is -2.21. The van der Waals surface area contributed by atoms with E-state index in [0.717, 1.165) is 5.56 Å². The molecule has 0 saturated heterocycles. The number of anilines is 1. The summed E-state index contributed by atoms with van der Waals surface area (Å²) < 4.78 is 5.27. The molecule has 0 spiro atoms. The number of aromatic nitrogens is 1. The van der Waals surface area contributed by atoms with Crippen LogP contribution in [0.25, 0.3) is 0 Å². The zero-order valence-electron chi connectivity index (χ0n) is 13.8. The quantitative estimate of drug-likeness (QED) is 0.687. The molecule has 2 heterocycles. The largest absolute Gasteiger partial charge is 0.459 e. The molecule has 0 atom stereocenters. The first-order chi connectivity index (χ1) is 11.6. The zero-order chi connectivity index (χ0) is 16.9. The maximum absolute atomic E-state index is 12.8. The smallest absolute Gasteiger partial charge is 0.295 e. The fraction of sp³-hybridized carbons (Fsp3) is 0.200. The van der Waals surface area contributed by atoms with Gasteiger partial charge in [-0.3, -0.25) is 9.69 Å². The third kappa shape index (κ3) is 3.54. The summed E-state index contributed by atoms with van der Waals surface area (Å²) in [6.07, 6.45) is 3.18. The summed E-state index contributed by atoms with van der Waals surface area (Å²) in [5.41, 5.74) is 2.32. The lowest BCUT2D eigenvalue weighted by Crippen LogP contribution is -2.30. The average molecular weight is 320 g/mol. The molecule has 0 aliphatic rings. The number of benzene rings is 1. The highest BCUT2D eigenvalue weighted by Crippen LogP contribution is 2.20. The fourth-order valence-corrected chi connectivity index (χ4v) is 2.49. The van der Waals surface area contributed by atoms with E-state index in [0.29, 0.717) is 24.0 Å². The highest BCUT2D eigenvalue weighted by atomic mass is 16.3. The molecule has 24 heavy (non-hydrogen) atoms. The van der Waals surface area contributed by atoms with Crippen molar-refractivity contribution in [2.75, 3.05) is 4.90 Å². The number of carbonyl (C=O) groups is 1. The number of hydrogen-bond acceptors (Lipinski definition) is 3. The Morgan fingerprint density at radius 3 is 2.46 bits per heavy atom. The summed E-state index contributed by atoms with van der Waals surface area (Å²) in [6, 6.07) is 17.2. The molecule has 0 fully saturated rings. The standard InChI is InChI=1S/C20H20N2O2/c1-15(2)17-10-8-16(9-11-17)14-22(19-7-3-4-12-21-19)20(23)18-6-5-13-24-18/h3-13,15H,14H2,1-2H3. The molecule has 0 radical (unpaired) electrons. The van der Waals surface area contributed by atoms with Crippen molar-refractivity contribution >= 4 is 11.7 Å². The second-order valence-electron chi connectivity index (χ2n) is 5.95. The van der Waals surface area contributed by atoms with E-state index in [-0.39, 0.29) is 5.91 Å². The van der Waals surface area contributed by atoms with E-state index in [2.05, 4.69) is 43.1 Å². The molecule has 0 unspecified atom stereocenters. The van der Waals surface area contributed by atoms with Gasteiger partial charge in [-0.15, -0.1) is 0 Å². The van der Waals surface area contributed by atoms with Crippen LogP contribution in [0.3, 0.4) is 0 Å². The Hall–Kier alpha value is -2.88. The lowest BCUT2D eigenvalue weighted by atomic mass is 10.0. The number of furan rings is 1. The number of nitrogens with zero attached hydrogens (tertiary/aromatic N) is 2. The van der Waals surface area contributed by atoms with Crippen molar-refractivity contribution in [3.63, 3.8) is 0 Å². The SMILES string of the molecule is CC(C)c1ccc(CN(C(=O)c2ccco2)c2ccccn2)cc1. The molecule has 0 bridgehead atoms. The molecule has 1 aromatic carbocycles. The molecule has 3 aromatic rings. The molecule has 2 aromatic heterocycles. The highest BCUT2D eigenvalue weighted by Gasteiger charge is 2.21. The highest BCUT2D eigenvalue weighted by molar-refractivity contribution is 6.03. The second kappa shape index (κ2) is 7.13. The van der Waals surface area contributed by atoms with Crippen LogP contribution in [0, 0.1) is 0 Å². The van der Waals surface area contributed by atoms with E-state index in [1.807, 2.05) is 18.2 Å². The minimum absolute atomic E-state index is 0.202. The van der Waals surface area contributed by atoms with Crippen molar-refractivity contribution in [1.29, 1.82) is 0 Å². The topological polar surface area (TPSA) is 46.3 Å². The van der Waals surface area contributed by atoms with Gasteiger partial charge in [-0.05, 0) is 41.3 Å². The molecule has 4 nitrogen and oxygen atoms in total. The van der Waals surface area contributed by atoms with E-state index in [9.17, 15) is 4.79 Å². The van der Waals surface area contributed by atoms with E-state index < -0.39 is 0 Å². The second-order valence-corrected chi connectivity index (χ2v) is 5.95. The van der Waals surface area contributed by atoms with Gasteiger partial charge in [0.15, 0.2) is 5.76 Å². The average Bonchev–Trinajstić information content (AvgIpc) is 3.15. The first-order valence-electron chi connectivity index (χ1n) is 8.00. The van der Waals surface area contributed by atoms with Crippen LogP contribution in [0.15, 0.2) is 71.5 Å². The Morgan fingerprint density at radius 2 is 1.88 bits per heavy atom. The van der Waals surface area contributed by atoms with Gasteiger partial charge in [-0.2, -0.15) is 0 Å². The van der Waals surface area contributed by atoms with E-state index in [4.69, 9.17) is 4.42 Å². The maximum atomic E-state index is 12.8. The Labute approximate surface area is 141 Å². The summed E-state index contributed by atoms with van der Waals surface area (Å²) in [7, 11) is 0. The van der Waals surface area contributed by atoms with Gasteiger partial charge < -0.3 is 4.42 Å². The van der Waals surface area contributed by atoms with Gasteiger partial charge in [0.2, 0.25) is 0 Å². The van der Waals surface area contributed by atoms with Crippen LogP contribution >= 0.6 is 0 Å². The van der Waals surface area contributed by atoms with Gasteiger partial charge in [0, 0.05) is 6.20 Å². The third-order valence-corrected chi connectivity index (χ3v) is 3.89. The van der Waals surface area contributed by atoms with Gasteiger partial charge in [-0.1, -0.05) is 44.2 Å². The Balaban J connectivity index is 1.89. The van der Waals surface area contributed by atoms with E-state index >= 15 is 0 Å². The van der Waals surface area contributed by atoms with Gasteiger partial charge in [0.1, 0.15) is 5.82 Å². The first-order valence-corrected chi connectivity index (χ1v) is 8.00. The van der Waals surface area contributed by atoms with Crippen LogP contribution in [0.2, 0.25) is 0 Å². The molecular formula is C20H20N2O2. The number of carbonyl (C=O) groups excluding carboxylic acids is 1. The first kappa shape index (κ1) is 16.0. The minimum Gasteiger partial charge on any atom is -0.459 e. The summed E-state index contributed by atoms with van der Waals surface area (Å²) in [4.78, 5) is 18.7. The van der Waals surface area contributed by atoms with Crippen molar-refractivity contribution < 1.29 is 9.21 Å². The number of hydrogen-bond donors (Lipinski definition) is 0. The fourth-order valence-electron chi connectivity index (χ4n) is 2.49. The Morgan fingerprint density at radius 1 is 1.08 bits per heavy atom. The summed E-state index contributed by atoms with van der Waals surface area (Å²) >= 11 is 0. The normalized spacial score (nSPS) is 10.8. The van der Waals surface area contributed by atoms with Crippen molar-refractivity contribution in [2.24, 2.45) is 0 Å².